The Morgan fingerprint density at radius 3 is 2.23 bits per heavy atom. The van der Waals surface area contributed by atoms with Gasteiger partial charge in [-0.1, -0.05) is 12.1 Å². The summed E-state index contributed by atoms with van der Waals surface area (Å²) >= 11 is 0. The van der Waals surface area contributed by atoms with E-state index in [9.17, 15) is 18.8 Å². The van der Waals surface area contributed by atoms with Crippen LogP contribution in [0.4, 0.5) is 4.39 Å². The Balaban J connectivity index is 1.98. The summed E-state index contributed by atoms with van der Waals surface area (Å²) in [5.74, 6) is -1.03. The minimum atomic E-state index is -0.877. The number of rotatable bonds is 9. The number of Topliss-reactive ketones (excluding diaryl/α,β-unsaturated/α-hetero) is 1. The van der Waals surface area contributed by atoms with Crippen LogP contribution in [-0.4, -0.2) is 47.3 Å². The zero-order valence-corrected chi connectivity index (χ0v) is 20.5. The van der Waals surface area contributed by atoms with Crippen molar-refractivity contribution in [3.8, 4) is 5.75 Å². The van der Waals surface area contributed by atoms with Gasteiger partial charge in [-0.3, -0.25) is 9.59 Å². The standard InChI is InChI=1S/C27H29FN2O5/c1-6-35-27(33)24-16(2)23(17(3)29-24)25(31)18(4)30(15-19-7-11-21(28)12-8-19)26(32)20-9-13-22(34-5)14-10-20/h7-14,18,29H,6,15H2,1-5H3/t18-/m1/s1. The average molecular weight is 481 g/mol. The molecule has 3 aromatic rings. The van der Waals surface area contributed by atoms with E-state index < -0.39 is 17.8 Å². The highest BCUT2D eigenvalue weighted by Crippen LogP contribution is 2.24. The lowest BCUT2D eigenvalue weighted by Gasteiger charge is -2.29. The smallest absolute Gasteiger partial charge is 0.355 e. The van der Waals surface area contributed by atoms with Crippen molar-refractivity contribution in [3.63, 3.8) is 0 Å². The number of ketones is 1. The number of carbonyl (C=O) groups is 3. The summed E-state index contributed by atoms with van der Waals surface area (Å²) in [6.07, 6.45) is 0. The number of H-pyrrole nitrogens is 1. The Kier molecular flexibility index (Phi) is 8.06. The van der Waals surface area contributed by atoms with E-state index in [-0.39, 0.29) is 30.5 Å². The molecule has 1 N–H and O–H groups in total. The zero-order chi connectivity index (χ0) is 25.7. The molecule has 0 fully saturated rings. The Bertz CT molecular complexity index is 1220. The number of aryl methyl sites for hydroxylation is 1. The van der Waals surface area contributed by atoms with Crippen molar-refractivity contribution in [2.75, 3.05) is 13.7 Å². The van der Waals surface area contributed by atoms with Crippen LogP contribution >= 0.6 is 0 Å². The molecule has 0 radical (unpaired) electrons. The lowest BCUT2D eigenvalue weighted by molar-refractivity contribution is 0.0518. The van der Waals surface area contributed by atoms with Crippen LogP contribution in [0.2, 0.25) is 0 Å². The molecule has 35 heavy (non-hydrogen) atoms. The third-order valence-electron chi connectivity index (χ3n) is 5.87. The number of aromatic amines is 1. The number of nitrogens with zero attached hydrogens (tertiary/aromatic N) is 1. The molecule has 2 aromatic carbocycles. The van der Waals surface area contributed by atoms with Crippen LogP contribution in [0.5, 0.6) is 5.75 Å². The quantitative estimate of drug-likeness (QED) is 0.349. The number of esters is 1. The summed E-state index contributed by atoms with van der Waals surface area (Å²) < 4.78 is 23.7. The van der Waals surface area contributed by atoms with E-state index in [0.29, 0.717) is 33.7 Å². The molecule has 8 heteroatoms. The van der Waals surface area contributed by atoms with Crippen LogP contribution in [0, 0.1) is 19.7 Å². The van der Waals surface area contributed by atoms with Crippen LogP contribution in [0.25, 0.3) is 0 Å². The molecule has 1 aromatic heterocycles. The summed E-state index contributed by atoms with van der Waals surface area (Å²) in [6, 6.07) is 11.5. The predicted octanol–water partition coefficient (Wildman–Crippen LogP) is 4.87. The molecule has 1 atom stereocenters. The van der Waals surface area contributed by atoms with Crippen LogP contribution in [-0.2, 0) is 11.3 Å². The summed E-state index contributed by atoms with van der Waals surface area (Å²) in [5.41, 5.74) is 2.58. The van der Waals surface area contributed by atoms with E-state index in [4.69, 9.17) is 9.47 Å². The van der Waals surface area contributed by atoms with Crippen LogP contribution in [0.1, 0.15) is 61.9 Å². The second-order valence-electron chi connectivity index (χ2n) is 8.17. The molecular formula is C27H29FN2O5. The lowest BCUT2D eigenvalue weighted by Crippen LogP contribution is -2.43. The SMILES string of the molecule is CCOC(=O)c1[nH]c(C)c(C(=O)[C@@H](C)N(Cc2ccc(F)cc2)C(=O)c2ccc(OC)cc2)c1C. The number of hydrogen-bond acceptors (Lipinski definition) is 5. The van der Waals surface area contributed by atoms with Gasteiger partial charge in [0.05, 0.1) is 19.8 Å². The molecule has 3 rings (SSSR count). The summed E-state index contributed by atoms with van der Waals surface area (Å²) in [7, 11) is 1.53. The number of nitrogens with one attached hydrogen (secondary N) is 1. The van der Waals surface area contributed by atoms with Gasteiger partial charge in [0.25, 0.3) is 5.91 Å². The van der Waals surface area contributed by atoms with E-state index >= 15 is 0 Å². The number of methoxy groups -OCH3 is 1. The van der Waals surface area contributed by atoms with Crippen molar-refractivity contribution >= 4 is 17.7 Å². The summed E-state index contributed by atoms with van der Waals surface area (Å²) in [6.45, 7) is 7.01. The fraction of sp³-hybridized carbons (Fsp3) is 0.296. The van der Waals surface area contributed by atoms with Crippen molar-refractivity contribution in [3.05, 3.63) is 88.0 Å². The number of halogens is 1. The molecule has 0 saturated carbocycles. The third kappa shape index (κ3) is 5.59. The lowest BCUT2D eigenvalue weighted by atomic mass is 9.98. The normalized spacial score (nSPS) is 11.6. The zero-order valence-electron chi connectivity index (χ0n) is 20.5. The van der Waals surface area contributed by atoms with E-state index in [1.165, 1.54) is 24.1 Å². The number of aromatic nitrogens is 1. The van der Waals surface area contributed by atoms with Crippen LogP contribution in [0.3, 0.4) is 0 Å². The molecule has 0 spiro atoms. The molecule has 0 aliphatic rings. The fourth-order valence-corrected chi connectivity index (χ4v) is 3.95. The number of amides is 1. The minimum Gasteiger partial charge on any atom is -0.497 e. The fourth-order valence-electron chi connectivity index (χ4n) is 3.95. The molecule has 0 aliphatic carbocycles. The van der Waals surface area contributed by atoms with Gasteiger partial charge in [-0.25, -0.2) is 9.18 Å². The molecule has 0 aliphatic heterocycles. The third-order valence-corrected chi connectivity index (χ3v) is 5.87. The molecule has 0 unspecified atom stereocenters. The van der Waals surface area contributed by atoms with Crippen molar-refractivity contribution in [2.45, 2.75) is 40.3 Å². The maximum atomic E-state index is 13.7. The van der Waals surface area contributed by atoms with Crippen molar-refractivity contribution in [1.29, 1.82) is 0 Å². The van der Waals surface area contributed by atoms with Gasteiger partial charge in [-0.05, 0) is 75.2 Å². The maximum absolute atomic E-state index is 13.7. The van der Waals surface area contributed by atoms with E-state index in [1.807, 2.05) is 0 Å². The number of carbonyl (C=O) groups excluding carboxylic acids is 3. The van der Waals surface area contributed by atoms with E-state index in [1.54, 1.807) is 64.1 Å². The van der Waals surface area contributed by atoms with Crippen molar-refractivity contribution in [1.82, 2.24) is 9.88 Å². The average Bonchev–Trinajstić information content (AvgIpc) is 3.16. The summed E-state index contributed by atoms with van der Waals surface area (Å²) in [4.78, 5) is 43.9. The Hall–Kier alpha value is -3.94. The van der Waals surface area contributed by atoms with Crippen LogP contribution in [0.15, 0.2) is 48.5 Å². The molecule has 7 nitrogen and oxygen atoms in total. The van der Waals surface area contributed by atoms with Crippen molar-refractivity contribution < 1.29 is 28.2 Å². The number of ether oxygens (including phenoxy) is 2. The molecule has 1 amide bonds. The second kappa shape index (κ2) is 11.0. The van der Waals surface area contributed by atoms with Gasteiger partial charge in [-0.15, -0.1) is 0 Å². The first-order valence-electron chi connectivity index (χ1n) is 11.3. The van der Waals surface area contributed by atoms with Gasteiger partial charge < -0.3 is 19.4 Å². The first-order valence-corrected chi connectivity index (χ1v) is 11.3. The minimum absolute atomic E-state index is 0.0886. The molecule has 0 saturated heterocycles. The van der Waals surface area contributed by atoms with Gasteiger partial charge in [0.1, 0.15) is 17.3 Å². The molecule has 0 bridgehead atoms. The molecule has 1 heterocycles. The highest BCUT2D eigenvalue weighted by atomic mass is 19.1. The van der Waals surface area contributed by atoms with E-state index in [2.05, 4.69) is 4.98 Å². The first kappa shape index (κ1) is 25.7. The Labute approximate surface area is 203 Å². The number of benzene rings is 2. The van der Waals surface area contributed by atoms with Crippen LogP contribution < -0.4 is 4.74 Å². The highest BCUT2D eigenvalue weighted by Gasteiger charge is 2.32. The van der Waals surface area contributed by atoms with Crippen molar-refractivity contribution in [2.24, 2.45) is 0 Å². The van der Waals surface area contributed by atoms with Gasteiger partial charge in [0.15, 0.2) is 5.78 Å². The molecular weight excluding hydrogens is 451 g/mol. The highest BCUT2D eigenvalue weighted by molar-refractivity contribution is 6.07. The van der Waals surface area contributed by atoms with Gasteiger partial charge >= 0.3 is 5.97 Å². The largest absolute Gasteiger partial charge is 0.497 e. The summed E-state index contributed by atoms with van der Waals surface area (Å²) in [5, 5.41) is 0. The van der Waals surface area contributed by atoms with Gasteiger partial charge in [-0.2, -0.15) is 0 Å². The Morgan fingerprint density at radius 1 is 1.03 bits per heavy atom. The topological polar surface area (TPSA) is 88.7 Å². The first-order chi connectivity index (χ1) is 16.7. The number of hydrogen-bond donors (Lipinski definition) is 1. The van der Waals surface area contributed by atoms with E-state index in [0.717, 1.165) is 0 Å². The Morgan fingerprint density at radius 2 is 1.66 bits per heavy atom. The van der Waals surface area contributed by atoms with Gasteiger partial charge in [0.2, 0.25) is 0 Å². The van der Waals surface area contributed by atoms with Gasteiger partial charge in [0, 0.05) is 23.4 Å². The predicted molar refractivity (Wildman–Crippen MR) is 129 cm³/mol. The second-order valence-corrected chi connectivity index (χ2v) is 8.17. The molecule has 184 valence electrons. The monoisotopic (exact) mass is 480 g/mol. The maximum Gasteiger partial charge on any atom is 0.355 e.